The maximum absolute atomic E-state index is 11.7. The predicted molar refractivity (Wildman–Crippen MR) is 82.5 cm³/mol. The van der Waals surface area contributed by atoms with Gasteiger partial charge in [0.1, 0.15) is 0 Å². The van der Waals surface area contributed by atoms with Gasteiger partial charge in [0.05, 0.1) is 5.75 Å². The Hall–Kier alpha value is -1.74. The molecule has 0 atom stereocenters. The fourth-order valence-corrected chi connectivity index (χ4v) is 2.50. The maximum Gasteiger partial charge on any atom is 0.234 e. The van der Waals surface area contributed by atoms with E-state index in [0.29, 0.717) is 5.75 Å². The first-order chi connectivity index (χ1) is 9.34. The molecular formula is C16H17NOS. The normalized spacial score (nSPS) is 10.1. The molecule has 0 radical (unpaired) electrons. The van der Waals surface area contributed by atoms with E-state index in [1.165, 1.54) is 5.56 Å². The van der Waals surface area contributed by atoms with Gasteiger partial charge >= 0.3 is 0 Å². The van der Waals surface area contributed by atoms with E-state index in [1.807, 2.05) is 48.5 Å². The van der Waals surface area contributed by atoms with Gasteiger partial charge in [-0.25, -0.2) is 0 Å². The summed E-state index contributed by atoms with van der Waals surface area (Å²) in [5, 5.41) is 2.88. The van der Waals surface area contributed by atoms with Gasteiger partial charge < -0.3 is 5.32 Å². The number of thioether (sulfide) groups is 1. The fraction of sp³-hybridized carbons (Fsp3) is 0.188. The van der Waals surface area contributed by atoms with Crippen molar-refractivity contribution in [3.63, 3.8) is 0 Å². The summed E-state index contributed by atoms with van der Waals surface area (Å²) >= 11 is 1.66. The molecule has 2 rings (SSSR count). The third-order valence-corrected chi connectivity index (χ3v) is 3.63. The van der Waals surface area contributed by atoms with Gasteiger partial charge in [0.25, 0.3) is 0 Å². The molecule has 2 aromatic carbocycles. The predicted octanol–water partition coefficient (Wildman–Crippen LogP) is 3.60. The van der Waals surface area contributed by atoms with Crippen molar-refractivity contribution in [3.8, 4) is 0 Å². The molecule has 0 aromatic heterocycles. The first-order valence-electron chi connectivity index (χ1n) is 6.31. The number of carbonyl (C=O) groups is 1. The van der Waals surface area contributed by atoms with E-state index >= 15 is 0 Å². The summed E-state index contributed by atoms with van der Waals surface area (Å²) < 4.78 is 0. The summed E-state index contributed by atoms with van der Waals surface area (Å²) in [4.78, 5) is 11.7. The van der Waals surface area contributed by atoms with Gasteiger partial charge in [-0.1, -0.05) is 48.5 Å². The van der Waals surface area contributed by atoms with Crippen molar-refractivity contribution in [1.82, 2.24) is 0 Å². The minimum absolute atomic E-state index is 0.0595. The first kappa shape index (κ1) is 13.7. The third-order valence-electron chi connectivity index (χ3n) is 2.67. The molecule has 3 heteroatoms. The summed E-state index contributed by atoms with van der Waals surface area (Å²) in [6.07, 6.45) is 1.00. The molecule has 98 valence electrons. The van der Waals surface area contributed by atoms with Gasteiger partial charge in [-0.3, -0.25) is 4.79 Å². The van der Waals surface area contributed by atoms with Gasteiger partial charge in [0.15, 0.2) is 0 Å². The highest BCUT2D eigenvalue weighted by molar-refractivity contribution is 7.99. The molecule has 0 aliphatic rings. The van der Waals surface area contributed by atoms with Crippen LogP contribution >= 0.6 is 11.8 Å². The second kappa shape index (κ2) is 7.64. The Balaban J connectivity index is 1.65. The summed E-state index contributed by atoms with van der Waals surface area (Å²) in [6, 6.07) is 19.9. The number of hydrogen-bond acceptors (Lipinski definition) is 2. The van der Waals surface area contributed by atoms with E-state index in [0.717, 1.165) is 17.9 Å². The summed E-state index contributed by atoms with van der Waals surface area (Å²) in [5.74, 6) is 1.53. The highest BCUT2D eigenvalue weighted by atomic mass is 32.2. The van der Waals surface area contributed by atoms with Crippen molar-refractivity contribution in [1.29, 1.82) is 0 Å². The van der Waals surface area contributed by atoms with Crippen LogP contribution in [0, 0.1) is 0 Å². The van der Waals surface area contributed by atoms with Crippen LogP contribution in [0.3, 0.4) is 0 Å². The Bertz CT molecular complexity index is 499. The van der Waals surface area contributed by atoms with Crippen molar-refractivity contribution in [2.75, 3.05) is 16.8 Å². The largest absolute Gasteiger partial charge is 0.325 e. The topological polar surface area (TPSA) is 29.1 Å². The van der Waals surface area contributed by atoms with E-state index in [1.54, 1.807) is 11.8 Å². The Morgan fingerprint density at radius 3 is 2.26 bits per heavy atom. The van der Waals surface area contributed by atoms with E-state index in [4.69, 9.17) is 0 Å². The summed E-state index contributed by atoms with van der Waals surface area (Å²) in [7, 11) is 0. The smallest absolute Gasteiger partial charge is 0.234 e. The molecule has 19 heavy (non-hydrogen) atoms. The van der Waals surface area contributed by atoms with Crippen LogP contribution in [0.1, 0.15) is 5.56 Å². The van der Waals surface area contributed by atoms with Crippen LogP contribution in [0.5, 0.6) is 0 Å². The van der Waals surface area contributed by atoms with E-state index in [2.05, 4.69) is 17.4 Å². The van der Waals surface area contributed by atoms with E-state index < -0.39 is 0 Å². The van der Waals surface area contributed by atoms with Gasteiger partial charge in [0.2, 0.25) is 5.91 Å². The van der Waals surface area contributed by atoms with E-state index in [9.17, 15) is 4.79 Å². The molecule has 0 saturated carbocycles. The number of aryl methyl sites for hydroxylation is 1. The molecule has 0 aliphatic heterocycles. The lowest BCUT2D eigenvalue weighted by Crippen LogP contribution is -2.14. The lowest BCUT2D eigenvalue weighted by atomic mass is 10.2. The van der Waals surface area contributed by atoms with Gasteiger partial charge in [-0.05, 0) is 29.9 Å². The molecule has 0 bridgehead atoms. The standard InChI is InChI=1S/C16H17NOS/c18-16(17-15-9-5-2-6-10-15)13-19-12-11-14-7-3-1-4-8-14/h1-10H,11-13H2,(H,17,18). The lowest BCUT2D eigenvalue weighted by Gasteiger charge is -2.05. The van der Waals surface area contributed by atoms with Crippen molar-refractivity contribution in [2.45, 2.75) is 6.42 Å². The monoisotopic (exact) mass is 271 g/mol. The summed E-state index contributed by atoms with van der Waals surface area (Å²) in [6.45, 7) is 0. The molecule has 0 aliphatic carbocycles. The number of hydrogen-bond donors (Lipinski definition) is 1. The Kier molecular flexibility index (Phi) is 5.50. The van der Waals surface area contributed by atoms with Crippen LogP contribution in [-0.2, 0) is 11.2 Å². The molecule has 2 nitrogen and oxygen atoms in total. The zero-order valence-corrected chi connectivity index (χ0v) is 11.5. The summed E-state index contributed by atoms with van der Waals surface area (Å²) in [5.41, 5.74) is 2.18. The molecule has 0 spiro atoms. The third kappa shape index (κ3) is 5.18. The molecular weight excluding hydrogens is 254 g/mol. The number of anilines is 1. The SMILES string of the molecule is O=C(CSCCc1ccccc1)Nc1ccccc1. The molecule has 0 heterocycles. The van der Waals surface area contributed by atoms with Crippen LogP contribution in [0.15, 0.2) is 60.7 Å². The van der Waals surface area contributed by atoms with Crippen LogP contribution in [0.2, 0.25) is 0 Å². The number of amides is 1. The number of para-hydroxylation sites is 1. The average molecular weight is 271 g/mol. The zero-order valence-electron chi connectivity index (χ0n) is 10.7. The maximum atomic E-state index is 11.7. The van der Waals surface area contributed by atoms with Crippen LogP contribution < -0.4 is 5.32 Å². The second-order valence-electron chi connectivity index (χ2n) is 4.20. The first-order valence-corrected chi connectivity index (χ1v) is 7.46. The van der Waals surface area contributed by atoms with Crippen molar-refractivity contribution in [3.05, 3.63) is 66.2 Å². The second-order valence-corrected chi connectivity index (χ2v) is 5.31. The minimum Gasteiger partial charge on any atom is -0.325 e. The Labute approximate surface area is 118 Å². The van der Waals surface area contributed by atoms with Crippen molar-refractivity contribution in [2.24, 2.45) is 0 Å². The van der Waals surface area contributed by atoms with Crippen molar-refractivity contribution < 1.29 is 4.79 Å². The zero-order chi connectivity index (χ0) is 13.3. The van der Waals surface area contributed by atoms with Crippen LogP contribution in [-0.4, -0.2) is 17.4 Å². The highest BCUT2D eigenvalue weighted by Crippen LogP contribution is 2.09. The number of nitrogens with one attached hydrogen (secondary N) is 1. The molecule has 1 N–H and O–H groups in total. The average Bonchev–Trinajstić information content (AvgIpc) is 2.46. The van der Waals surface area contributed by atoms with Crippen LogP contribution in [0.25, 0.3) is 0 Å². The van der Waals surface area contributed by atoms with Gasteiger partial charge in [-0.2, -0.15) is 11.8 Å². The quantitative estimate of drug-likeness (QED) is 0.813. The molecule has 0 saturated heterocycles. The molecule has 0 fully saturated rings. The van der Waals surface area contributed by atoms with Crippen molar-refractivity contribution >= 4 is 23.4 Å². The van der Waals surface area contributed by atoms with Crippen LogP contribution in [0.4, 0.5) is 5.69 Å². The highest BCUT2D eigenvalue weighted by Gasteiger charge is 2.02. The van der Waals surface area contributed by atoms with E-state index in [-0.39, 0.29) is 5.91 Å². The Morgan fingerprint density at radius 1 is 0.947 bits per heavy atom. The van der Waals surface area contributed by atoms with Gasteiger partial charge in [0, 0.05) is 5.69 Å². The minimum atomic E-state index is 0.0595. The lowest BCUT2D eigenvalue weighted by molar-refractivity contribution is -0.113. The van der Waals surface area contributed by atoms with Gasteiger partial charge in [-0.15, -0.1) is 0 Å². The number of rotatable bonds is 6. The molecule has 2 aromatic rings. The molecule has 0 unspecified atom stereocenters. The Morgan fingerprint density at radius 2 is 1.58 bits per heavy atom. The molecule has 1 amide bonds. The number of carbonyl (C=O) groups excluding carboxylic acids is 1. The fourth-order valence-electron chi connectivity index (χ4n) is 1.72. The number of benzene rings is 2.